The Bertz CT molecular complexity index is 887. The number of fused-ring (bicyclic) bond motifs is 1. The molecular formula is C19H24F2N4OS. The number of halogens is 2. The predicted octanol–water partition coefficient (Wildman–Crippen LogP) is 5.03. The van der Waals surface area contributed by atoms with Gasteiger partial charge < -0.3 is 4.98 Å². The number of aromatic amines is 1. The molecule has 1 aliphatic rings. The van der Waals surface area contributed by atoms with Gasteiger partial charge in [0.15, 0.2) is 5.69 Å². The lowest BCUT2D eigenvalue weighted by Gasteiger charge is -2.34. The molecule has 1 aliphatic carbocycles. The second-order valence-corrected chi connectivity index (χ2v) is 10.1. The molecule has 1 saturated carbocycles. The van der Waals surface area contributed by atoms with Crippen LogP contribution in [0.25, 0.3) is 15.9 Å². The van der Waals surface area contributed by atoms with Crippen LogP contribution in [0.4, 0.5) is 14.5 Å². The van der Waals surface area contributed by atoms with Gasteiger partial charge in [-0.1, -0.05) is 6.07 Å². The Morgan fingerprint density at radius 2 is 2.04 bits per heavy atom. The van der Waals surface area contributed by atoms with Crippen molar-refractivity contribution in [1.82, 2.24) is 14.7 Å². The van der Waals surface area contributed by atoms with Gasteiger partial charge in [0.1, 0.15) is 5.82 Å². The second kappa shape index (κ2) is 7.28. The van der Waals surface area contributed by atoms with Gasteiger partial charge in [0.25, 0.3) is 0 Å². The van der Waals surface area contributed by atoms with E-state index in [1.165, 1.54) is 0 Å². The van der Waals surface area contributed by atoms with Crippen LogP contribution in [0.1, 0.15) is 58.3 Å². The van der Waals surface area contributed by atoms with Gasteiger partial charge in [0, 0.05) is 12.8 Å². The summed E-state index contributed by atoms with van der Waals surface area (Å²) in [4.78, 5) is 11.2. The number of benzene rings is 1. The van der Waals surface area contributed by atoms with Crippen molar-refractivity contribution in [1.29, 1.82) is 0 Å². The zero-order valence-corrected chi connectivity index (χ0v) is 16.5. The third kappa shape index (κ3) is 4.53. The molecule has 8 heteroatoms. The minimum Gasteiger partial charge on any atom is -0.342 e. The van der Waals surface area contributed by atoms with E-state index < -0.39 is 27.7 Å². The zero-order chi connectivity index (χ0) is 19.8. The molecule has 0 amide bonds. The number of nitrogens with one attached hydrogen (secondary N) is 2. The molecule has 1 aromatic heterocycles. The van der Waals surface area contributed by atoms with Crippen LogP contribution in [0.5, 0.6) is 0 Å². The molecule has 0 radical (unpaired) electrons. The molecule has 2 aromatic rings. The lowest BCUT2D eigenvalue weighted by atomic mass is 9.82. The van der Waals surface area contributed by atoms with Crippen LogP contribution in [-0.4, -0.2) is 24.8 Å². The van der Waals surface area contributed by atoms with Gasteiger partial charge in [0.2, 0.25) is 5.92 Å². The van der Waals surface area contributed by atoms with Crippen LogP contribution in [0.2, 0.25) is 0 Å². The fourth-order valence-corrected chi connectivity index (χ4v) is 4.19. The van der Waals surface area contributed by atoms with Gasteiger partial charge >= 0.3 is 0 Å². The van der Waals surface area contributed by atoms with Gasteiger partial charge in [-0.25, -0.2) is 27.5 Å². The highest BCUT2D eigenvalue weighted by molar-refractivity contribution is 7.84. The second-order valence-electron chi connectivity index (χ2n) is 8.11. The number of H-pyrrole nitrogens is 1. The normalized spacial score (nSPS) is 20.3. The Kier molecular flexibility index (Phi) is 5.37. The highest BCUT2D eigenvalue weighted by atomic mass is 32.2. The van der Waals surface area contributed by atoms with Crippen LogP contribution in [0.15, 0.2) is 18.2 Å². The van der Waals surface area contributed by atoms with E-state index in [0.29, 0.717) is 35.4 Å². The van der Waals surface area contributed by atoms with Gasteiger partial charge in [0.05, 0.1) is 39.4 Å². The Morgan fingerprint density at radius 1 is 1.37 bits per heavy atom. The summed E-state index contributed by atoms with van der Waals surface area (Å²) in [5.74, 6) is -2.13. The van der Waals surface area contributed by atoms with Crippen molar-refractivity contribution in [3.8, 4) is 0 Å². The summed E-state index contributed by atoms with van der Waals surface area (Å²) in [6.45, 7) is 12.7. The molecule has 5 nitrogen and oxygen atoms in total. The zero-order valence-electron chi connectivity index (χ0n) is 15.7. The maximum atomic E-state index is 13.6. The fourth-order valence-electron chi connectivity index (χ4n) is 3.30. The van der Waals surface area contributed by atoms with Crippen molar-refractivity contribution in [2.24, 2.45) is 5.92 Å². The van der Waals surface area contributed by atoms with Crippen molar-refractivity contribution in [2.45, 2.75) is 63.2 Å². The maximum absolute atomic E-state index is 13.6. The first-order chi connectivity index (χ1) is 12.6. The molecule has 1 heterocycles. The minimum atomic E-state index is -2.62. The third-order valence-electron chi connectivity index (χ3n) is 4.93. The minimum absolute atomic E-state index is 0.0863. The summed E-state index contributed by atoms with van der Waals surface area (Å²) in [6.07, 6.45) is 0.354. The summed E-state index contributed by atoms with van der Waals surface area (Å²) < 4.78 is 42.6. The van der Waals surface area contributed by atoms with Crippen LogP contribution in [0.3, 0.4) is 0 Å². The van der Waals surface area contributed by atoms with Crippen molar-refractivity contribution in [3.05, 3.63) is 35.4 Å². The van der Waals surface area contributed by atoms with Crippen LogP contribution in [0, 0.1) is 12.5 Å². The molecule has 2 atom stereocenters. The van der Waals surface area contributed by atoms with Gasteiger partial charge in [-0.15, -0.1) is 0 Å². The van der Waals surface area contributed by atoms with Gasteiger partial charge in [-0.2, -0.15) is 0 Å². The van der Waals surface area contributed by atoms with E-state index in [1.807, 2.05) is 20.8 Å². The van der Waals surface area contributed by atoms with Gasteiger partial charge in [-0.05, 0) is 51.7 Å². The van der Waals surface area contributed by atoms with Crippen molar-refractivity contribution in [3.63, 3.8) is 0 Å². The molecule has 1 aromatic carbocycles. The topological polar surface area (TPSA) is 62.1 Å². The number of hydrogen-bond donors (Lipinski definition) is 2. The quantitative estimate of drug-likeness (QED) is 0.714. The summed E-state index contributed by atoms with van der Waals surface area (Å²) >= 11 is 0. The maximum Gasteiger partial charge on any atom is 0.248 e. The van der Waals surface area contributed by atoms with E-state index >= 15 is 0 Å². The highest BCUT2D eigenvalue weighted by Gasteiger charge is 2.40. The number of aromatic nitrogens is 2. The molecule has 27 heavy (non-hydrogen) atoms. The first kappa shape index (κ1) is 19.9. The summed E-state index contributed by atoms with van der Waals surface area (Å²) in [6, 6.07) is 4.75. The first-order valence-corrected chi connectivity index (χ1v) is 10.2. The van der Waals surface area contributed by atoms with Crippen molar-refractivity contribution >= 4 is 27.7 Å². The van der Waals surface area contributed by atoms with Gasteiger partial charge in [-0.3, -0.25) is 0 Å². The monoisotopic (exact) mass is 394 g/mol. The summed E-state index contributed by atoms with van der Waals surface area (Å²) in [7, 11) is -1.36. The Balaban J connectivity index is 1.94. The number of nitrogens with zero attached hydrogens (tertiary/aromatic N) is 2. The van der Waals surface area contributed by atoms with E-state index in [2.05, 4.69) is 19.5 Å². The molecule has 0 spiro atoms. The number of alkyl halides is 2. The number of hydrogen-bond acceptors (Lipinski definition) is 2. The van der Waals surface area contributed by atoms with E-state index in [1.54, 1.807) is 18.2 Å². The third-order valence-corrected chi connectivity index (χ3v) is 6.51. The first-order valence-electron chi connectivity index (χ1n) is 9.02. The van der Waals surface area contributed by atoms with E-state index in [0.717, 1.165) is 0 Å². The SMILES string of the molecule is [C-]#[N+]c1ccc2nc([C@@H](N[S@](=O)C(C)(C)C)C3CCC(F)(F)CC3)[nH]c2c1. The summed E-state index contributed by atoms with van der Waals surface area (Å²) in [5, 5.41) is 0. The average Bonchev–Trinajstić information content (AvgIpc) is 3.01. The molecule has 1 fully saturated rings. The standard InChI is InChI=1S/C19H24F2N4OS/c1-18(2,3)27(26)25-16(12-7-9-19(20,21)10-8-12)17-23-14-6-5-13(22-4)11-15(14)24-17/h5-6,11-12,16,25H,7-10H2,1-3H3,(H,23,24)/t16-,27+/m0/s1. The molecule has 3 rings (SSSR count). The van der Waals surface area contributed by atoms with Crippen LogP contribution in [-0.2, 0) is 11.0 Å². The molecule has 146 valence electrons. The van der Waals surface area contributed by atoms with Crippen molar-refractivity contribution in [2.75, 3.05) is 0 Å². The smallest absolute Gasteiger partial charge is 0.248 e. The molecule has 0 aliphatic heterocycles. The van der Waals surface area contributed by atoms with Crippen LogP contribution < -0.4 is 4.72 Å². The summed E-state index contributed by atoms with van der Waals surface area (Å²) in [5.41, 5.74) is 1.91. The largest absolute Gasteiger partial charge is 0.342 e. The lowest BCUT2D eigenvalue weighted by Crippen LogP contribution is -2.40. The lowest BCUT2D eigenvalue weighted by molar-refractivity contribution is -0.0491. The Morgan fingerprint density at radius 3 is 2.63 bits per heavy atom. The van der Waals surface area contributed by atoms with Crippen molar-refractivity contribution < 1.29 is 13.0 Å². The number of imidazole rings is 1. The van der Waals surface area contributed by atoms with E-state index in [9.17, 15) is 13.0 Å². The molecule has 0 unspecified atom stereocenters. The molecule has 2 N–H and O–H groups in total. The Labute approximate surface area is 160 Å². The molecule has 0 bridgehead atoms. The van der Waals surface area contributed by atoms with E-state index in [-0.39, 0.29) is 18.8 Å². The fraction of sp³-hybridized carbons (Fsp3) is 0.579. The Hall–Kier alpha value is -1.85. The van der Waals surface area contributed by atoms with Crippen LogP contribution >= 0.6 is 0 Å². The highest BCUT2D eigenvalue weighted by Crippen LogP contribution is 2.41. The molecular weight excluding hydrogens is 370 g/mol. The van der Waals surface area contributed by atoms with E-state index in [4.69, 9.17) is 6.57 Å². The predicted molar refractivity (Wildman–Crippen MR) is 103 cm³/mol. The molecule has 0 saturated heterocycles. The average molecular weight is 394 g/mol. The number of rotatable bonds is 4.